The van der Waals surface area contributed by atoms with Crippen LogP contribution in [0.4, 0.5) is 0 Å². The second kappa shape index (κ2) is 6.31. The summed E-state index contributed by atoms with van der Waals surface area (Å²) >= 11 is 0. The third-order valence-corrected chi connectivity index (χ3v) is 4.64. The Kier molecular flexibility index (Phi) is 4.84. The molecule has 0 spiro atoms. The molecule has 8 heteroatoms. The molecule has 2 rings (SSSR count). The Labute approximate surface area is 130 Å². The zero-order chi connectivity index (χ0) is 16.4. The van der Waals surface area contributed by atoms with Crippen molar-refractivity contribution < 1.29 is 18.3 Å². The molecule has 1 aliphatic heterocycles. The van der Waals surface area contributed by atoms with Gasteiger partial charge in [0.05, 0.1) is 17.9 Å². The molecule has 1 aromatic rings. The van der Waals surface area contributed by atoms with Gasteiger partial charge in [-0.3, -0.25) is 9.78 Å². The summed E-state index contributed by atoms with van der Waals surface area (Å²) in [5.74, 6) is -0.279. The molecule has 0 radical (unpaired) electrons. The second-order valence-corrected chi connectivity index (χ2v) is 7.49. The van der Waals surface area contributed by atoms with Crippen LogP contribution in [0, 0.1) is 0 Å². The van der Waals surface area contributed by atoms with Crippen molar-refractivity contribution >= 4 is 15.9 Å². The highest BCUT2D eigenvalue weighted by Crippen LogP contribution is 2.32. The van der Waals surface area contributed by atoms with E-state index in [2.05, 4.69) is 9.71 Å². The van der Waals surface area contributed by atoms with Crippen molar-refractivity contribution in [3.63, 3.8) is 0 Å². The second-order valence-electron chi connectivity index (χ2n) is 5.71. The third-order valence-electron chi connectivity index (χ3n) is 3.86. The van der Waals surface area contributed by atoms with Crippen LogP contribution in [-0.4, -0.2) is 54.7 Å². The lowest BCUT2D eigenvalue weighted by Gasteiger charge is -2.39. The number of carbonyl (C=O) groups is 1. The summed E-state index contributed by atoms with van der Waals surface area (Å²) in [7, 11) is -3.43. The SMILES string of the molecule is C[C@@H](NS(C)(=O)=O)C(=O)N1CCC(O)(c2cccnc2)CC1. The van der Waals surface area contributed by atoms with Gasteiger partial charge in [0.25, 0.3) is 0 Å². The maximum absolute atomic E-state index is 12.2. The maximum atomic E-state index is 12.2. The Balaban J connectivity index is 1.99. The summed E-state index contributed by atoms with van der Waals surface area (Å²) in [6.07, 6.45) is 5.09. The van der Waals surface area contributed by atoms with Crippen LogP contribution in [-0.2, 0) is 20.4 Å². The quantitative estimate of drug-likeness (QED) is 0.800. The van der Waals surface area contributed by atoms with Crippen LogP contribution in [0.2, 0.25) is 0 Å². The molecular weight excluding hydrogens is 306 g/mol. The zero-order valence-electron chi connectivity index (χ0n) is 12.7. The van der Waals surface area contributed by atoms with Crippen molar-refractivity contribution in [3.05, 3.63) is 30.1 Å². The van der Waals surface area contributed by atoms with E-state index < -0.39 is 21.7 Å². The lowest BCUT2D eigenvalue weighted by molar-refractivity contribution is -0.137. The number of nitrogens with zero attached hydrogens (tertiary/aromatic N) is 2. The monoisotopic (exact) mass is 327 g/mol. The highest BCUT2D eigenvalue weighted by Gasteiger charge is 2.36. The number of rotatable bonds is 4. The Morgan fingerprint density at radius 2 is 2.09 bits per heavy atom. The molecule has 0 bridgehead atoms. The molecule has 2 N–H and O–H groups in total. The minimum absolute atomic E-state index is 0.279. The van der Waals surface area contributed by atoms with Gasteiger partial charge < -0.3 is 10.0 Å². The fourth-order valence-electron chi connectivity index (χ4n) is 2.67. The first-order valence-corrected chi connectivity index (χ1v) is 8.99. The number of aliphatic hydroxyl groups is 1. The number of aromatic nitrogens is 1. The van der Waals surface area contributed by atoms with E-state index >= 15 is 0 Å². The normalized spacial score (nSPS) is 19.7. The van der Waals surface area contributed by atoms with Crippen LogP contribution in [0.25, 0.3) is 0 Å². The maximum Gasteiger partial charge on any atom is 0.240 e. The first-order valence-electron chi connectivity index (χ1n) is 7.10. The van der Waals surface area contributed by atoms with E-state index in [9.17, 15) is 18.3 Å². The Morgan fingerprint density at radius 1 is 1.45 bits per heavy atom. The topological polar surface area (TPSA) is 99.6 Å². The van der Waals surface area contributed by atoms with E-state index in [0.29, 0.717) is 25.9 Å². The van der Waals surface area contributed by atoms with Crippen molar-refractivity contribution in [3.8, 4) is 0 Å². The van der Waals surface area contributed by atoms with Gasteiger partial charge in [-0.05, 0) is 25.8 Å². The van der Waals surface area contributed by atoms with Crippen LogP contribution in [0.3, 0.4) is 0 Å². The van der Waals surface area contributed by atoms with E-state index in [1.165, 1.54) is 6.92 Å². The van der Waals surface area contributed by atoms with Crippen molar-refractivity contribution in [1.29, 1.82) is 0 Å². The molecule has 1 atom stereocenters. The number of amides is 1. The van der Waals surface area contributed by atoms with Gasteiger partial charge in [-0.2, -0.15) is 0 Å². The van der Waals surface area contributed by atoms with Gasteiger partial charge in [0.1, 0.15) is 0 Å². The predicted molar refractivity (Wildman–Crippen MR) is 81.4 cm³/mol. The van der Waals surface area contributed by atoms with Crippen LogP contribution >= 0.6 is 0 Å². The number of nitrogens with one attached hydrogen (secondary N) is 1. The van der Waals surface area contributed by atoms with Gasteiger partial charge in [0.15, 0.2) is 0 Å². The molecule has 22 heavy (non-hydrogen) atoms. The van der Waals surface area contributed by atoms with E-state index in [0.717, 1.165) is 11.8 Å². The molecule has 1 aromatic heterocycles. The van der Waals surface area contributed by atoms with Gasteiger partial charge in [-0.15, -0.1) is 0 Å². The highest BCUT2D eigenvalue weighted by atomic mass is 32.2. The fraction of sp³-hybridized carbons (Fsp3) is 0.571. The number of hydrogen-bond donors (Lipinski definition) is 2. The van der Waals surface area contributed by atoms with E-state index in [-0.39, 0.29) is 5.91 Å². The first-order chi connectivity index (χ1) is 10.2. The smallest absolute Gasteiger partial charge is 0.240 e. The molecule has 1 aliphatic rings. The number of sulfonamides is 1. The minimum atomic E-state index is -3.43. The highest BCUT2D eigenvalue weighted by molar-refractivity contribution is 7.88. The average Bonchev–Trinajstić information content (AvgIpc) is 2.46. The van der Waals surface area contributed by atoms with Gasteiger partial charge in [-0.25, -0.2) is 13.1 Å². The molecule has 7 nitrogen and oxygen atoms in total. The molecule has 1 saturated heterocycles. The average molecular weight is 327 g/mol. The number of piperidine rings is 1. The summed E-state index contributed by atoms with van der Waals surface area (Å²) in [6.45, 7) is 2.27. The number of likely N-dealkylation sites (tertiary alicyclic amines) is 1. The molecule has 1 fully saturated rings. The summed E-state index contributed by atoms with van der Waals surface area (Å²) in [4.78, 5) is 17.8. The third kappa shape index (κ3) is 4.02. The van der Waals surface area contributed by atoms with Crippen molar-refractivity contribution in [2.45, 2.75) is 31.4 Å². The zero-order valence-corrected chi connectivity index (χ0v) is 13.5. The summed E-state index contributed by atoms with van der Waals surface area (Å²) in [5.41, 5.74) is -0.247. The number of carbonyl (C=O) groups excluding carboxylic acids is 1. The summed E-state index contributed by atoms with van der Waals surface area (Å²) in [6, 6.07) is 2.78. The molecule has 0 unspecified atom stereocenters. The lowest BCUT2D eigenvalue weighted by Crippen LogP contribution is -2.51. The molecule has 0 saturated carbocycles. The van der Waals surface area contributed by atoms with Gasteiger partial charge in [0, 0.05) is 31.0 Å². The van der Waals surface area contributed by atoms with Crippen LogP contribution in [0.1, 0.15) is 25.3 Å². The van der Waals surface area contributed by atoms with E-state index in [1.807, 2.05) is 6.07 Å². The van der Waals surface area contributed by atoms with Crippen molar-refractivity contribution in [2.75, 3.05) is 19.3 Å². The molecular formula is C14H21N3O4S. The molecule has 0 aliphatic carbocycles. The fourth-order valence-corrected chi connectivity index (χ4v) is 3.41. The molecule has 0 aromatic carbocycles. The number of hydrogen-bond acceptors (Lipinski definition) is 5. The summed E-state index contributed by atoms with van der Waals surface area (Å²) in [5, 5.41) is 10.7. The summed E-state index contributed by atoms with van der Waals surface area (Å²) < 4.78 is 24.7. The van der Waals surface area contributed by atoms with Gasteiger partial charge in [0.2, 0.25) is 15.9 Å². The Morgan fingerprint density at radius 3 is 2.59 bits per heavy atom. The molecule has 1 amide bonds. The number of pyridine rings is 1. The van der Waals surface area contributed by atoms with Crippen molar-refractivity contribution in [2.24, 2.45) is 0 Å². The minimum Gasteiger partial charge on any atom is -0.385 e. The van der Waals surface area contributed by atoms with Crippen LogP contribution in [0.5, 0.6) is 0 Å². The van der Waals surface area contributed by atoms with Gasteiger partial charge in [-0.1, -0.05) is 6.07 Å². The molecule has 2 heterocycles. The van der Waals surface area contributed by atoms with E-state index in [4.69, 9.17) is 0 Å². The lowest BCUT2D eigenvalue weighted by atomic mass is 9.85. The van der Waals surface area contributed by atoms with E-state index in [1.54, 1.807) is 23.4 Å². The standard InChI is InChI=1S/C14H21N3O4S/c1-11(16-22(2,20)21)13(18)17-8-5-14(19,6-9-17)12-4-3-7-15-10-12/h3-4,7,10-11,16,19H,5-6,8-9H2,1-2H3/t11-/m1/s1. The first kappa shape index (κ1) is 16.9. The predicted octanol–water partition coefficient (Wildman–Crippen LogP) is -0.171. The Bertz CT molecular complexity index is 625. The van der Waals surface area contributed by atoms with Crippen LogP contribution < -0.4 is 4.72 Å². The van der Waals surface area contributed by atoms with Crippen LogP contribution in [0.15, 0.2) is 24.5 Å². The van der Waals surface area contributed by atoms with Gasteiger partial charge >= 0.3 is 0 Å². The molecule has 122 valence electrons. The Hall–Kier alpha value is -1.51. The van der Waals surface area contributed by atoms with Crippen molar-refractivity contribution in [1.82, 2.24) is 14.6 Å². The largest absolute Gasteiger partial charge is 0.385 e.